The number of imide groups is 1. The van der Waals surface area contributed by atoms with Gasteiger partial charge in [0.1, 0.15) is 5.69 Å². The van der Waals surface area contributed by atoms with Crippen molar-refractivity contribution in [2.24, 2.45) is 4.99 Å². The highest BCUT2D eigenvalue weighted by molar-refractivity contribution is 6.23. The van der Waals surface area contributed by atoms with E-state index >= 15 is 0 Å². The first kappa shape index (κ1) is 19.9. The third-order valence-electron chi connectivity index (χ3n) is 4.69. The molecular weight excluding hydrogens is 360 g/mol. The highest BCUT2D eigenvalue weighted by atomic mass is 16.5. The van der Waals surface area contributed by atoms with Gasteiger partial charge in [0.2, 0.25) is 11.9 Å². The number of carbonyl (C=O) groups is 2. The van der Waals surface area contributed by atoms with Crippen molar-refractivity contribution in [1.29, 1.82) is 0 Å². The number of aromatic nitrogens is 2. The quantitative estimate of drug-likeness (QED) is 0.414. The van der Waals surface area contributed by atoms with Gasteiger partial charge in [-0.05, 0) is 39.3 Å². The topological polar surface area (TPSA) is 83.0 Å². The van der Waals surface area contributed by atoms with Crippen molar-refractivity contribution in [2.45, 2.75) is 33.7 Å². The van der Waals surface area contributed by atoms with Crippen LogP contribution in [0.5, 0.6) is 0 Å². The van der Waals surface area contributed by atoms with Gasteiger partial charge in [-0.2, -0.15) is 0 Å². The van der Waals surface area contributed by atoms with Crippen LogP contribution in [-0.2, 0) is 9.53 Å². The summed E-state index contributed by atoms with van der Waals surface area (Å²) in [5.41, 5.74) is 2.63. The number of carbonyl (C=O) groups excluding carboxylic acids is 2. The summed E-state index contributed by atoms with van der Waals surface area (Å²) in [6.07, 6.45) is 0. The fourth-order valence-corrected chi connectivity index (χ4v) is 3.46. The average Bonchev–Trinajstić information content (AvgIpc) is 3.15. The van der Waals surface area contributed by atoms with Gasteiger partial charge in [-0.25, -0.2) is 9.37 Å². The fourth-order valence-electron chi connectivity index (χ4n) is 3.46. The summed E-state index contributed by atoms with van der Waals surface area (Å²) >= 11 is 0. The number of rotatable bonds is 6. The minimum atomic E-state index is -0.695. The predicted octanol–water partition coefficient (Wildman–Crippen LogP) is 1.00. The van der Waals surface area contributed by atoms with Gasteiger partial charge < -0.3 is 4.74 Å². The maximum Gasteiger partial charge on any atom is 0.421 e. The SMILES string of the molecule is C=C(C)C[N+]1=C(n2nc(C)cc2C)N=C2C1C(=O)N(CCOCC)C(=O)N2C. The normalized spacial score (nSPS) is 19.5. The summed E-state index contributed by atoms with van der Waals surface area (Å²) in [4.78, 5) is 33.3. The van der Waals surface area contributed by atoms with E-state index in [1.807, 2.05) is 38.3 Å². The summed E-state index contributed by atoms with van der Waals surface area (Å²) in [5, 5.41) is 4.51. The standard InChI is InChI=1S/C19H27N6O3/c1-7-28-9-8-23-17(26)15-16(22(6)19(23)27)20-18(24(15)11-12(2)3)25-14(5)10-13(4)21-25/h10,15H,2,7-9,11H2,1,3-6H3/q+1. The molecule has 28 heavy (non-hydrogen) atoms. The Morgan fingerprint density at radius 1 is 1.36 bits per heavy atom. The van der Waals surface area contributed by atoms with E-state index in [1.165, 1.54) is 9.80 Å². The number of amides is 3. The molecule has 0 bridgehead atoms. The van der Waals surface area contributed by atoms with Gasteiger partial charge >= 0.3 is 12.0 Å². The lowest BCUT2D eigenvalue weighted by atomic mass is 10.1. The molecule has 0 aliphatic carbocycles. The van der Waals surface area contributed by atoms with E-state index in [1.54, 1.807) is 11.7 Å². The molecule has 1 unspecified atom stereocenters. The molecular formula is C19H27N6O3+. The highest BCUT2D eigenvalue weighted by Crippen LogP contribution is 2.21. The number of urea groups is 1. The van der Waals surface area contributed by atoms with Gasteiger partial charge in [0, 0.05) is 13.7 Å². The molecule has 1 saturated heterocycles. The first-order valence-corrected chi connectivity index (χ1v) is 9.33. The Morgan fingerprint density at radius 2 is 2.07 bits per heavy atom. The maximum absolute atomic E-state index is 13.2. The lowest BCUT2D eigenvalue weighted by Gasteiger charge is -2.34. The van der Waals surface area contributed by atoms with Crippen molar-refractivity contribution in [3.05, 3.63) is 29.6 Å². The van der Waals surface area contributed by atoms with Crippen molar-refractivity contribution in [3.63, 3.8) is 0 Å². The minimum absolute atomic E-state index is 0.204. The summed E-state index contributed by atoms with van der Waals surface area (Å²) in [5.74, 6) is 0.624. The van der Waals surface area contributed by atoms with E-state index < -0.39 is 12.1 Å². The third kappa shape index (κ3) is 3.37. The molecule has 0 aromatic carbocycles. The summed E-state index contributed by atoms with van der Waals surface area (Å²) in [6, 6.07) is 0.851. The zero-order valence-electron chi connectivity index (χ0n) is 17.1. The van der Waals surface area contributed by atoms with E-state index in [0.29, 0.717) is 31.6 Å². The van der Waals surface area contributed by atoms with E-state index in [9.17, 15) is 9.59 Å². The Hall–Kier alpha value is -2.81. The van der Waals surface area contributed by atoms with E-state index in [2.05, 4.69) is 16.7 Å². The molecule has 9 nitrogen and oxygen atoms in total. The van der Waals surface area contributed by atoms with Crippen LogP contribution in [0.15, 0.2) is 23.2 Å². The molecule has 2 aliphatic rings. The van der Waals surface area contributed by atoms with Gasteiger partial charge in [0.05, 0.1) is 25.4 Å². The molecule has 3 rings (SSSR count). The second-order valence-corrected chi connectivity index (χ2v) is 7.12. The number of likely N-dealkylation sites (N-methyl/N-ethyl adjacent to an activating group) is 1. The molecule has 0 radical (unpaired) electrons. The molecule has 150 valence electrons. The molecule has 2 aliphatic heterocycles. The van der Waals surface area contributed by atoms with Crippen LogP contribution in [0.25, 0.3) is 0 Å². The second kappa shape index (κ2) is 7.67. The van der Waals surface area contributed by atoms with Crippen LogP contribution in [0.2, 0.25) is 0 Å². The molecule has 3 heterocycles. The van der Waals surface area contributed by atoms with Crippen LogP contribution in [0, 0.1) is 13.8 Å². The number of fused-ring (bicyclic) bond motifs is 1. The highest BCUT2D eigenvalue weighted by Gasteiger charge is 2.53. The smallest absolute Gasteiger partial charge is 0.380 e. The first-order chi connectivity index (χ1) is 13.3. The van der Waals surface area contributed by atoms with Gasteiger partial charge in [-0.15, -0.1) is 9.78 Å². The minimum Gasteiger partial charge on any atom is -0.380 e. The number of hydrogen-bond donors (Lipinski definition) is 0. The van der Waals surface area contributed by atoms with Crippen LogP contribution < -0.4 is 0 Å². The maximum atomic E-state index is 13.2. The molecule has 0 spiro atoms. The molecule has 1 aromatic heterocycles. The van der Waals surface area contributed by atoms with Crippen LogP contribution in [0.1, 0.15) is 25.2 Å². The zero-order valence-corrected chi connectivity index (χ0v) is 17.1. The van der Waals surface area contributed by atoms with Crippen molar-refractivity contribution < 1.29 is 18.9 Å². The number of aliphatic imine (C=N–C) groups is 1. The Morgan fingerprint density at radius 3 is 2.64 bits per heavy atom. The molecule has 3 amide bonds. The third-order valence-corrected chi connectivity index (χ3v) is 4.69. The predicted molar refractivity (Wildman–Crippen MR) is 105 cm³/mol. The molecule has 1 aromatic rings. The lowest BCUT2D eigenvalue weighted by Crippen LogP contribution is -2.63. The van der Waals surface area contributed by atoms with Crippen LogP contribution in [0.4, 0.5) is 4.79 Å². The van der Waals surface area contributed by atoms with Gasteiger partial charge in [-0.1, -0.05) is 11.6 Å². The van der Waals surface area contributed by atoms with Gasteiger partial charge in [0.15, 0.2) is 0 Å². The van der Waals surface area contributed by atoms with Crippen molar-refractivity contribution in [1.82, 2.24) is 19.6 Å². The van der Waals surface area contributed by atoms with Crippen molar-refractivity contribution in [2.75, 3.05) is 33.4 Å². The van der Waals surface area contributed by atoms with Crippen molar-refractivity contribution in [3.8, 4) is 0 Å². The van der Waals surface area contributed by atoms with E-state index in [-0.39, 0.29) is 12.5 Å². The first-order valence-electron chi connectivity index (χ1n) is 9.33. The number of hydrogen-bond acceptors (Lipinski definition) is 5. The van der Waals surface area contributed by atoms with E-state index in [4.69, 9.17) is 4.74 Å². The van der Waals surface area contributed by atoms with Crippen LogP contribution in [0.3, 0.4) is 0 Å². The largest absolute Gasteiger partial charge is 0.421 e. The Balaban J connectivity index is 2.06. The van der Waals surface area contributed by atoms with Gasteiger partial charge in [0.25, 0.3) is 5.91 Å². The zero-order chi connectivity index (χ0) is 20.6. The monoisotopic (exact) mass is 387 g/mol. The molecule has 0 N–H and O–H groups in total. The second-order valence-electron chi connectivity index (χ2n) is 7.12. The molecule has 1 fully saturated rings. The molecule has 1 atom stereocenters. The summed E-state index contributed by atoms with van der Waals surface area (Å²) < 4.78 is 8.90. The Bertz CT molecular complexity index is 897. The number of aryl methyl sites for hydroxylation is 2. The van der Waals surface area contributed by atoms with Crippen LogP contribution in [-0.4, -0.2) is 87.3 Å². The Labute approximate surface area is 164 Å². The van der Waals surface area contributed by atoms with Crippen LogP contribution >= 0.6 is 0 Å². The summed E-state index contributed by atoms with van der Waals surface area (Å²) in [7, 11) is 1.64. The van der Waals surface area contributed by atoms with Gasteiger partial charge in [-0.3, -0.25) is 14.6 Å². The summed E-state index contributed by atoms with van der Waals surface area (Å²) in [6.45, 7) is 13.1. The number of nitrogens with zero attached hydrogens (tertiary/aromatic N) is 6. The lowest BCUT2D eigenvalue weighted by molar-refractivity contribution is -0.529. The number of amidine groups is 1. The average molecular weight is 387 g/mol. The Kier molecular flexibility index (Phi) is 5.46. The van der Waals surface area contributed by atoms with Crippen molar-refractivity contribution >= 4 is 23.7 Å². The number of ether oxygens (including phenoxy) is 1. The fraction of sp³-hybridized carbons (Fsp3) is 0.526. The molecule has 9 heteroatoms. The van der Waals surface area contributed by atoms with E-state index in [0.717, 1.165) is 17.0 Å². The molecule has 0 saturated carbocycles.